The zero-order valence-corrected chi connectivity index (χ0v) is 72.9. The minimum absolute atomic E-state index is 0.926. The summed E-state index contributed by atoms with van der Waals surface area (Å²) in [6.45, 7) is 0. The Balaban J connectivity index is 0.000000108. The SMILES string of the molecule is c1ccc(-c2ccc3ccc4c5ccccc5nc(-c5ccc(-c6ccc(-c7cn8ccccc8n7)cc6)cc5)c4c3n2)cc1.c1ccc(-c2ccc3ccc4c5ccccc5nc(-c5ccc(-c6ccc7nc(-c8ccccc8)cn7c6)cc5)c4c3n2)cc1.c1ccc(-c2ccc3ccc4c5ccccc5nc(-c5ccc(-c6cccc(-c7cn8ccccc8n7)c6)cc5)c4c3n2)cc1. The van der Waals surface area contributed by atoms with Crippen molar-refractivity contribution in [2.45, 2.75) is 0 Å². The first kappa shape index (κ1) is 78.8. The molecule has 0 amide bonds. The summed E-state index contributed by atoms with van der Waals surface area (Å²) in [6, 6.07) is 152. The van der Waals surface area contributed by atoms with Gasteiger partial charge in [0.05, 0.1) is 84.3 Å². The lowest BCUT2D eigenvalue weighted by Crippen LogP contribution is -1.94. The van der Waals surface area contributed by atoms with Gasteiger partial charge in [-0.1, -0.05) is 358 Å². The van der Waals surface area contributed by atoms with E-state index in [9.17, 15) is 0 Å². The van der Waals surface area contributed by atoms with E-state index in [0.29, 0.717) is 0 Å². The third-order valence-corrected chi connectivity index (χ3v) is 25.8. The van der Waals surface area contributed by atoms with Gasteiger partial charge in [-0.2, -0.15) is 0 Å². The molecule has 0 unspecified atom stereocenters. The molecule has 15 aromatic carbocycles. The van der Waals surface area contributed by atoms with Gasteiger partial charge in [0, 0.05) is 136 Å². The monoisotopic (exact) mass is 1720 g/mol. The maximum Gasteiger partial charge on any atom is 0.137 e. The van der Waals surface area contributed by atoms with Crippen LogP contribution in [0.5, 0.6) is 0 Å². The van der Waals surface area contributed by atoms with Gasteiger partial charge in [0.1, 0.15) is 16.9 Å². The van der Waals surface area contributed by atoms with E-state index in [-0.39, 0.29) is 0 Å². The standard InChI is InChI=1S/3C41H26N4/c1-3-9-28(10-4-1)35-23-20-31-19-22-34-33-13-7-8-14-36(33)44-41(39(34)40(31)43-35)30-17-15-27(16-18-30)32-21-24-38-42-37(26-45(38)25-32)29-11-5-2-6-12-29;1-2-9-28(10-3-1)35-23-21-30-20-22-34-33-13-4-5-14-36(33)44-41(39(34)40(30)43-35)29-18-16-27(17-19-29)31-11-8-12-32(25-31)37-26-45-24-7-6-15-38(45)42-37;1-2-8-29(9-3-1)35-24-22-32-21-23-34-33-10-4-5-11-36(33)44-41(39(34)40(32)43-35)31-19-15-28(16-20-31)27-13-17-30(18-14-27)37-26-45-25-7-6-12-38(45)42-37/h3*1-26H. The van der Waals surface area contributed by atoms with Crippen molar-refractivity contribution in [3.05, 3.63) is 474 Å². The molecule has 12 heteroatoms. The highest BCUT2D eigenvalue weighted by Gasteiger charge is 2.22. The molecular formula is C123H78N12. The zero-order valence-electron chi connectivity index (χ0n) is 72.9. The maximum atomic E-state index is 5.25. The van der Waals surface area contributed by atoms with Gasteiger partial charge in [-0.25, -0.2) is 44.9 Å². The first-order valence-corrected chi connectivity index (χ1v) is 45.3. The topological polar surface area (TPSA) is 129 Å². The fourth-order valence-electron chi connectivity index (χ4n) is 19.0. The molecule has 12 heterocycles. The van der Waals surface area contributed by atoms with E-state index < -0.39 is 0 Å². The van der Waals surface area contributed by atoms with Gasteiger partial charge in [-0.3, -0.25) is 0 Å². The van der Waals surface area contributed by atoms with Crippen LogP contribution in [-0.2, 0) is 0 Å². The second-order valence-corrected chi connectivity index (χ2v) is 34.0. The van der Waals surface area contributed by atoms with Gasteiger partial charge in [0.25, 0.3) is 0 Å². The van der Waals surface area contributed by atoms with Crippen LogP contribution in [0.1, 0.15) is 0 Å². The fraction of sp³-hybridized carbons (Fsp3) is 0. The minimum atomic E-state index is 0.926. The molecule has 0 saturated carbocycles. The van der Waals surface area contributed by atoms with E-state index in [2.05, 4.69) is 398 Å². The van der Waals surface area contributed by atoms with Crippen molar-refractivity contribution in [1.82, 2.24) is 58.1 Å². The number of hydrogen-bond donors (Lipinski definition) is 0. The number of para-hydroxylation sites is 3. The van der Waals surface area contributed by atoms with E-state index in [1.807, 2.05) is 89.6 Å². The molecule has 0 radical (unpaired) electrons. The Labute approximate surface area is 776 Å². The molecular weight excluding hydrogens is 1650 g/mol. The molecule has 0 spiro atoms. The first-order chi connectivity index (χ1) is 66.8. The number of imidazole rings is 3. The summed E-state index contributed by atoms with van der Waals surface area (Å²) in [6.07, 6.45) is 12.4. The average Bonchev–Trinajstić information content (AvgIpc) is 1.63. The summed E-state index contributed by atoms with van der Waals surface area (Å²) in [4.78, 5) is 45.9. The second-order valence-electron chi connectivity index (χ2n) is 34.0. The van der Waals surface area contributed by atoms with Crippen LogP contribution in [0, 0.1) is 0 Å². The number of rotatable bonds is 12. The van der Waals surface area contributed by atoms with Gasteiger partial charge in [-0.05, 0) is 128 Å². The Morgan fingerprint density at radius 1 is 0.148 bits per heavy atom. The Morgan fingerprint density at radius 3 is 0.822 bits per heavy atom. The van der Waals surface area contributed by atoms with E-state index in [1.165, 1.54) is 0 Å². The fourth-order valence-corrected chi connectivity index (χ4v) is 19.0. The molecule has 0 atom stereocenters. The van der Waals surface area contributed by atoms with Crippen LogP contribution < -0.4 is 0 Å². The van der Waals surface area contributed by atoms with Crippen molar-refractivity contribution in [2.75, 3.05) is 0 Å². The Kier molecular flexibility index (Phi) is 19.6. The van der Waals surface area contributed by atoms with Crippen LogP contribution in [0.3, 0.4) is 0 Å². The number of pyridine rings is 9. The van der Waals surface area contributed by atoms with E-state index in [0.717, 1.165) is 249 Å². The van der Waals surface area contributed by atoms with Gasteiger partial charge < -0.3 is 13.2 Å². The lowest BCUT2D eigenvalue weighted by molar-refractivity contribution is 1.19. The zero-order chi connectivity index (χ0) is 89.2. The molecule has 0 fully saturated rings. The van der Waals surface area contributed by atoms with Crippen LogP contribution in [0.2, 0.25) is 0 Å². The third kappa shape index (κ3) is 14.8. The van der Waals surface area contributed by atoms with Crippen molar-refractivity contribution in [3.63, 3.8) is 0 Å². The Hall–Kier alpha value is -18.4. The summed E-state index contributed by atoms with van der Waals surface area (Å²) in [5, 5.41) is 13.4. The molecule has 0 aliphatic heterocycles. The van der Waals surface area contributed by atoms with Crippen molar-refractivity contribution in [1.29, 1.82) is 0 Å². The number of nitrogens with zero attached hydrogens (tertiary/aromatic N) is 12. The molecule has 135 heavy (non-hydrogen) atoms. The van der Waals surface area contributed by atoms with E-state index in [4.69, 9.17) is 44.9 Å². The molecule has 0 aliphatic carbocycles. The highest BCUT2D eigenvalue weighted by atomic mass is 15.0. The summed E-state index contributed by atoms with van der Waals surface area (Å²) >= 11 is 0. The molecule has 0 N–H and O–H groups in total. The normalized spacial score (nSPS) is 11.6. The molecule has 630 valence electrons. The number of hydrogen-bond acceptors (Lipinski definition) is 9. The van der Waals surface area contributed by atoms with Gasteiger partial charge >= 0.3 is 0 Å². The van der Waals surface area contributed by atoms with Crippen molar-refractivity contribution in [2.24, 2.45) is 0 Å². The molecule has 0 saturated heterocycles. The molecule has 12 nitrogen and oxygen atoms in total. The van der Waals surface area contributed by atoms with Crippen LogP contribution in [0.25, 0.3) is 249 Å². The van der Waals surface area contributed by atoms with E-state index >= 15 is 0 Å². The molecule has 0 bridgehead atoms. The molecule has 0 aliphatic rings. The van der Waals surface area contributed by atoms with Crippen LogP contribution >= 0.6 is 0 Å². The summed E-state index contributed by atoms with van der Waals surface area (Å²) < 4.78 is 6.21. The largest absolute Gasteiger partial charge is 0.306 e. The smallest absolute Gasteiger partial charge is 0.137 e. The average molecular weight is 1720 g/mol. The summed E-state index contributed by atoms with van der Waals surface area (Å²) in [7, 11) is 0. The summed E-state index contributed by atoms with van der Waals surface area (Å²) in [5.41, 5.74) is 33.9. The number of benzene rings is 15. The minimum Gasteiger partial charge on any atom is -0.306 e. The summed E-state index contributed by atoms with van der Waals surface area (Å²) in [5.74, 6) is 0. The predicted molar refractivity (Wildman–Crippen MR) is 555 cm³/mol. The first-order valence-electron chi connectivity index (χ1n) is 45.3. The Bertz CT molecular complexity index is 9200. The van der Waals surface area contributed by atoms with Gasteiger partial charge in [-0.15, -0.1) is 0 Å². The predicted octanol–water partition coefficient (Wildman–Crippen LogP) is 30.8. The Morgan fingerprint density at radius 2 is 0.430 bits per heavy atom. The van der Waals surface area contributed by atoms with Crippen LogP contribution in [0.15, 0.2) is 474 Å². The highest BCUT2D eigenvalue weighted by Crippen LogP contribution is 2.44. The van der Waals surface area contributed by atoms with Crippen molar-refractivity contribution < 1.29 is 0 Å². The van der Waals surface area contributed by atoms with Gasteiger partial charge in [0.2, 0.25) is 0 Å². The number of fused-ring (bicyclic) bond motifs is 18. The van der Waals surface area contributed by atoms with Crippen molar-refractivity contribution in [3.8, 4) is 135 Å². The highest BCUT2D eigenvalue weighted by molar-refractivity contribution is 6.23. The van der Waals surface area contributed by atoms with Gasteiger partial charge in [0.15, 0.2) is 0 Å². The third-order valence-electron chi connectivity index (χ3n) is 25.8. The quantitative estimate of drug-likeness (QED) is 0.110. The molecule has 27 aromatic rings. The van der Waals surface area contributed by atoms with Crippen LogP contribution in [0.4, 0.5) is 0 Å². The second kappa shape index (κ2) is 33.6. The van der Waals surface area contributed by atoms with Crippen LogP contribution in [-0.4, -0.2) is 58.1 Å². The maximum absolute atomic E-state index is 5.25. The molecule has 12 aromatic heterocycles. The van der Waals surface area contributed by atoms with Crippen molar-refractivity contribution >= 4 is 115 Å². The van der Waals surface area contributed by atoms with E-state index in [1.54, 1.807) is 0 Å². The lowest BCUT2D eigenvalue weighted by Gasteiger charge is -2.14. The number of aromatic nitrogens is 12. The lowest BCUT2D eigenvalue weighted by atomic mass is 9.95. The molecule has 27 rings (SSSR count).